The standard InChI is InChI=1S/C20H24N2O7/c1-5-28-19(24)17-12(2)21-20(25)22-14(17)11-29-16(23)10-9-13-7-6-8-15(26-3)18(13)27-4/h6-10,12H,5,11H2,1-4H3,(H2,21,22,25)/b10-9+/t12-/m0/s1. The minimum absolute atomic E-state index is 0.181. The molecule has 1 aromatic rings. The van der Waals surface area contributed by atoms with Crippen molar-refractivity contribution < 1.29 is 33.3 Å². The Labute approximate surface area is 168 Å². The molecule has 0 spiro atoms. The van der Waals surface area contributed by atoms with Crippen LogP contribution in [0.5, 0.6) is 11.5 Å². The first-order valence-corrected chi connectivity index (χ1v) is 8.94. The van der Waals surface area contributed by atoms with E-state index in [1.807, 2.05) is 0 Å². The smallest absolute Gasteiger partial charge is 0.338 e. The number of hydrogen-bond donors (Lipinski definition) is 2. The van der Waals surface area contributed by atoms with E-state index < -0.39 is 24.0 Å². The molecule has 156 valence electrons. The molecule has 2 N–H and O–H groups in total. The highest BCUT2D eigenvalue weighted by Gasteiger charge is 2.30. The SMILES string of the molecule is CCOC(=O)C1=C(COC(=O)/C=C/c2cccc(OC)c2OC)NC(=O)N[C@H]1C. The molecule has 29 heavy (non-hydrogen) atoms. The normalized spacial score (nSPS) is 16.1. The average Bonchev–Trinajstić information content (AvgIpc) is 2.69. The van der Waals surface area contributed by atoms with Crippen molar-refractivity contribution in [3.05, 3.63) is 41.1 Å². The first-order chi connectivity index (χ1) is 13.9. The fraction of sp³-hybridized carbons (Fsp3) is 0.350. The summed E-state index contributed by atoms with van der Waals surface area (Å²) in [5, 5.41) is 5.06. The number of carbonyl (C=O) groups excluding carboxylic acids is 3. The number of amides is 2. The summed E-state index contributed by atoms with van der Waals surface area (Å²) >= 11 is 0. The molecule has 2 amide bonds. The summed E-state index contributed by atoms with van der Waals surface area (Å²) in [6.45, 7) is 3.21. The Balaban J connectivity index is 2.12. The number of urea groups is 1. The Kier molecular flexibility index (Phi) is 7.64. The van der Waals surface area contributed by atoms with Gasteiger partial charge in [-0.15, -0.1) is 0 Å². The van der Waals surface area contributed by atoms with Gasteiger partial charge in [0, 0.05) is 11.6 Å². The van der Waals surface area contributed by atoms with Gasteiger partial charge in [0.2, 0.25) is 0 Å². The summed E-state index contributed by atoms with van der Waals surface area (Å²) in [4.78, 5) is 36.0. The third-order valence-corrected chi connectivity index (χ3v) is 4.06. The van der Waals surface area contributed by atoms with Gasteiger partial charge in [-0.2, -0.15) is 0 Å². The number of nitrogens with one attached hydrogen (secondary N) is 2. The molecule has 0 aromatic heterocycles. The van der Waals surface area contributed by atoms with Gasteiger partial charge in [-0.25, -0.2) is 14.4 Å². The highest BCUT2D eigenvalue weighted by Crippen LogP contribution is 2.31. The van der Waals surface area contributed by atoms with Crippen LogP contribution in [-0.2, 0) is 19.1 Å². The van der Waals surface area contributed by atoms with E-state index in [4.69, 9.17) is 18.9 Å². The molecule has 1 heterocycles. The second-order valence-corrected chi connectivity index (χ2v) is 5.96. The molecule has 1 aliphatic rings. The second kappa shape index (κ2) is 10.2. The summed E-state index contributed by atoms with van der Waals surface area (Å²) < 4.78 is 20.7. The summed E-state index contributed by atoms with van der Waals surface area (Å²) in [6.07, 6.45) is 2.74. The van der Waals surface area contributed by atoms with Gasteiger partial charge in [-0.3, -0.25) is 0 Å². The maximum atomic E-state index is 12.2. The highest BCUT2D eigenvalue weighted by molar-refractivity contribution is 5.95. The first-order valence-electron chi connectivity index (χ1n) is 8.94. The van der Waals surface area contributed by atoms with Crippen molar-refractivity contribution in [2.45, 2.75) is 19.9 Å². The van der Waals surface area contributed by atoms with Gasteiger partial charge in [-0.1, -0.05) is 12.1 Å². The maximum absolute atomic E-state index is 12.2. The number of hydrogen-bond acceptors (Lipinski definition) is 7. The number of methoxy groups -OCH3 is 2. The molecule has 0 saturated heterocycles. The zero-order valence-corrected chi connectivity index (χ0v) is 16.7. The Morgan fingerprint density at radius 1 is 1.17 bits per heavy atom. The van der Waals surface area contributed by atoms with Crippen LogP contribution in [0.2, 0.25) is 0 Å². The number of benzene rings is 1. The van der Waals surface area contributed by atoms with E-state index >= 15 is 0 Å². The van der Waals surface area contributed by atoms with Crippen LogP contribution in [0.25, 0.3) is 6.08 Å². The predicted octanol–water partition coefficient (Wildman–Crippen LogP) is 1.78. The minimum atomic E-state index is -0.661. The average molecular weight is 404 g/mol. The molecule has 9 nitrogen and oxygen atoms in total. The van der Waals surface area contributed by atoms with Crippen molar-refractivity contribution in [3.8, 4) is 11.5 Å². The van der Waals surface area contributed by atoms with Crippen LogP contribution in [0.4, 0.5) is 4.79 Å². The maximum Gasteiger partial charge on any atom is 0.338 e. The number of rotatable bonds is 8. The Bertz CT molecular complexity index is 845. The lowest BCUT2D eigenvalue weighted by Crippen LogP contribution is -2.50. The molecule has 0 unspecified atom stereocenters. The van der Waals surface area contributed by atoms with E-state index in [1.54, 1.807) is 32.0 Å². The molecule has 2 rings (SSSR count). The molecule has 0 bridgehead atoms. The molecule has 0 saturated carbocycles. The fourth-order valence-electron chi connectivity index (χ4n) is 2.79. The van der Waals surface area contributed by atoms with Crippen LogP contribution in [-0.4, -0.2) is 51.4 Å². The van der Waals surface area contributed by atoms with Gasteiger partial charge in [-0.05, 0) is 26.0 Å². The molecule has 1 aromatic carbocycles. The number of carbonyl (C=O) groups is 3. The molecule has 0 aliphatic carbocycles. The lowest BCUT2D eigenvalue weighted by atomic mass is 10.0. The van der Waals surface area contributed by atoms with Gasteiger partial charge >= 0.3 is 18.0 Å². The Morgan fingerprint density at radius 2 is 1.93 bits per heavy atom. The molecule has 0 radical (unpaired) electrons. The van der Waals surface area contributed by atoms with Crippen LogP contribution in [0, 0.1) is 0 Å². The van der Waals surface area contributed by atoms with E-state index in [0.717, 1.165) is 0 Å². The summed E-state index contributed by atoms with van der Waals surface area (Å²) in [6, 6.07) is 4.18. The van der Waals surface area contributed by atoms with E-state index in [0.29, 0.717) is 17.1 Å². The number of para-hydroxylation sites is 1. The van der Waals surface area contributed by atoms with E-state index in [-0.39, 0.29) is 24.5 Å². The first kappa shape index (κ1) is 21.8. The van der Waals surface area contributed by atoms with Crippen LogP contribution in [0.3, 0.4) is 0 Å². The van der Waals surface area contributed by atoms with Gasteiger partial charge in [0.1, 0.15) is 6.61 Å². The quantitative estimate of drug-likeness (QED) is 0.502. The van der Waals surface area contributed by atoms with Crippen molar-refractivity contribution in [2.75, 3.05) is 27.4 Å². The Hall–Kier alpha value is -3.49. The lowest BCUT2D eigenvalue weighted by molar-refractivity contribution is -0.140. The van der Waals surface area contributed by atoms with E-state index in [2.05, 4.69) is 10.6 Å². The van der Waals surface area contributed by atoms with Crippen LogP contribution in [0.15, 0.2) is 35.5 Å². The van der Waals surface area contributed by atoms with Crippen LogP contribution >= 0.6 is 0 Å². The summed E-state index contributed by atoms with van der Waals surface area (Å²) in [7, 11) is 3.01. The van der Waals surface area contributed by atoms with Crippen molar-refractivity contribution in [3.63, 3.8) is 0 Å². The van der Waals surface area contributed by atoms with Crippen LogP contribution < -0.4 is 20.1 Å². The minimum Gasteiger partial charge on any atom is -0.493 e. The van der Waals surface area contributed by atoms with Gasteiger partial charge in [0.05, 0.1) is 38.1 Å². The van der Waals surface area contributed by atoms with Gasteiger partial charge < -0.3 is 29.6 Å². The Morgan fingerprint density at radius 3 is 2.59 bits per heavy atom. The number of ether oxygens (including phenoxy) is 4. The monoisotopic (exact) mass is 404 g/mol. The molecule has 1 atom stereocenters. The summed E-state index contributed by atoms with van der Waals surface area (Å²) in [5.74, 6) is -0.245. The van der Waals surface area contributed by atoms with Gasteiger partial charge in [0.15, 0.2) is 11.5 Å². The van der Waals surface area contributed by atoms with Crippen molar-refractivity contribution in [1.29, 1.82) is 0 Å². The van der Waals surface area contributed by atoms with E-state index in [1.165, 1.54) is 26.4 Å². The summed E-state index contributed by atoms with van der Waals surface area (Å²) in [5.41, 5.74) is 1.01. The molecule has 9 heteroatoms. The second-order valence-electron chi connectivity index (χ2n) is 5.96. The number of esters is 2. The van der Waals surface area contributed by atoms with E-state index in [9.17, 15) is 14.4 Å². The predicted molar refractivity (Wildman–Crippen MR) is 104 cm³/mol. The molecular weight excluding hydrogens is 380 g/mol. The zero-order chi connectivity index (χ0) is 21.4. The third kappa shape index (κ3) is 5.50. The zero-order valence-electron chi connectivity index (χ0n) is 16.7. The van der Waals surface area contributed by atoms with Crippen LogP contribution in [0.1, 0.15) is 19.4 Å². The van der Waals surface area contributed by atoms with Crippen molar-refractivity contribution in [1.82, 2.24) is 10.6 Å². The fourth-order valence-corrected chi connectivity index (χ4v) is 2.79. The highest BCUT2D eigenvalue weighted by atomic mass is 16.5. The van der Waals surface area contributed by atoms with Crippen molar-refractivity contribution >= 4 is 24.0 Å². The molecule has 1 aliphatic heterocycles. The molecule has 0 fully saturated rings. The van der Waals surface area contributed by atoms with Crippen molar-refractivity contribution in [2.24, 2.45) is 0 Å². The molecular formula is C20H24N2O7. The largest absolute Gasteiger partial charge is 0.493 e. The lowest BCUT2D eigenvalue weighted by Gasteiger charge is -2.26. The van der Waals surface area contributed by atoms with Gasteiger partial charge in [0.25, 0.3) is 0 Å². The topological polar surface area (TPSA) is 112 Å². The third-order valence-electron chi connectivity index (χ3n) is 4.06.